The molecule has 0 aliphatic carbocycles. The number of carbonyl (C=O) groups is 3. The van der Waals surface area contributed by atoms with Crippen molar-refractivity contribution in [1.29, 1.82) is 0 Å². The van der Waals surface area contributed by atoms with E-state index in [4.69, 9.17) is 4.74 Å². The maximum Gasteiger partial charge on any atom is 0.412 e. The molecule has 130 valence electrons. The minimum Gasteiger partial charge on any atom is -0.466 e. The normalized spacial score (nSPS) is 11.0. The molecule has 24 heavy (non-hydrogen) atoms. The topological polar surface area (TPSA) is 93.7 Å². The Bertz CT molecular complexity index is 659. The van der Waals surface area contributed by atoms with Gasteiger partial charge in [-0.25, -0.2) is 9.59 Å². The van der Waals surface area contributed by atoms with E-state index in [1.165, 1.54) is 26.2 Å². The zero-order valence-electron chi connectivity index (χ0n) is 14.4. The summed E-state index contributed by atoms with van der Waals surface area (Å²) in [4.78, 5) is 34.4. The highest BCUT2D eigenvalue weighted by molar-refractivity contribution is 5.97. The quantitative estimate of drug-likeness (QED) is 0.651. The van der Waals surface area contributed by atoms with Gasteiger partial charge < -0.3 is 14.8 Å². The van der Waals surface area contributed by atoms with E-state index in [2.05, 4.69) is 15.4 Å². The van der Waals surface area contributed by atoms with E-state index in [-0.39, 0.29) is 5.91 Å². The maximum absolute atomic E-state index is 11.9. The number of anilines is 2. The SMILES string of the molecule is COC(=O)/C=C/c1ccc(NC(=O)OC(C)(C)C)c(NC(C)=O)c1. The third-order valence-electron chi connectivity index (χ3n) is 2.60. The molecular weight excluding hydrogens is 312 g/mol. The van der Waals surface area contributed by atoms with Crippen molar-refractivity contribution in [2.24, 2.45) is 0 Å². The summed E-state index contributed by atoms with van der Waals surface area (Å²) in [5, 5.41) is 5.21. The molecule has 0 radical (unpaired) electrons. The van der Waals surface area contributed by atoms with Gasteiger partial charge in [0.05, 0.1) is 18.5 Å². The first kappa shape index (κ1) is 19.2. The van der Waals surface area contributed by atoms with Crippen molar-refractivity contribution in [3.05, 3.63) is 29.8 Å². The summed E-state index contributed by atoms with van der Waals surface area (Å²) in [5.41, 5.74) is 0.787. The van der Waals surface area contributed by atoms with Crippen LogP contribution in [0, 0.1) is 0 Å². The first-order chi connectivity index (χ1) is 11.1. The van der Waals surface area contributed by atoms with E-state index in [0.29, 0.717) is 16.9 Å². The first-order valence-corrected chi connectivity index (χ1v) is 7.28. The fraction of sp³-hybridized carbons (Fsp3) is 0.353. The molecule has 1 rings (SSSR count). The molecule has 0 heterocycles. The van der Waals surface area contributed by atoms with Crippen molar-refractivity contribution >= 4 is 35.4 Å². The molecule has 0 aliphatic rings. The van der Waals surface area contributed by atoms with Crippen LogP contribution in [-0.4, -0.2) is 30.7 Å². The lowest BCUT2D eigenvalue weighted by atomic mass is 10.1. The Hall–Kier alpha value is -2.83. The summed E-state index contributed by atoms with van der Waals surface area (Å²) in [6.45, 7) is 6.61. The summed E-state index contributed by atoms with van der Waals surface area (Å²) in [6, 6.07) is 4.90. The number of ether oxygens (including phenoxy) is 2. The number of rotatable bonds is 4. The van der Waals surface area contributed by atoms with Crippen LogP contribution in [0.1, 0.15) is 33.3 Å². The van der Waals surface area contributed by atoms with Gasteiger partial charge in [0.25, 0.3) is 0 Å². The Balaban J connectivity index is 3.03. The van der Waals surface area contributed by atoms with Gasteiger partial charge in [0.2, 0.25) is 5.91 Å². The van der Waals surface area contributed by atoms with Crippen LogP contribution < -0.4 is 10.6 Å². The van der Waals surface area contributed by atoms with Crippen molar-refractivity contribution in [2.75, 3.05) is 17.7 Å². The van der Waals surface area contributed by atoms with Gasteiger partial charge in [0, 0.05) is 13.0 Å². The van der Waals surface area contributed by atoms with Crippen molar-refractivity contribution in [1.82, 2.24) is 0 Å². The lowest BCUT2D eigenvalue weighted by Crippen LogP contribution is -2.27. The number of amides is 2. The van der Waals surface area contributed by atoms with E-state index < -0.39 is 17.7 Å². The maximum atomic E-state index is 11.9. The van der Waals surface area contributed by atoms with Gasteiger partial charge in [-0.05, 0) is 44.5 Å². The molecule has 7 heteroatoms. The first-order valence-electron chi connectivity index (χ1n) is 7.28. The van der Waals surface area contributed by atoms with Crippen LogP contribution in [-0.2, 0) is 19.1 Å². The van der Waals surface area contributed by atoms with Crippen molar-refractivity contribution in [2.45, 2.75) is 33.3 Å². The predicted octanol–water partition coefficient (Wildman–Crippen LogP) is 3.18. The third kappa shape index (κ3) is 6.95. The molecule has 0 atom stereocenters. The number of hydrogen-bond acceptors (Lipinski definition) is 5. The summed E-state index contributed by atoms with van der Waals surface area (Å²) < 4.78 is 9.71. The van der Waals surface area contributed by atoms with Gasteiger partial charge in [0.15, 0.2) is 0 Å². The molecule has 0 unspecified atom stereocenters. The van der Waals surface area contributed by atoms with Crippen LogP contribution in [0.3, 0.4) is 0 Å². The molecule has 2 amide bonds. The molecule has 2 N–H and O–H groups in total. The zero-order valence-corrected chi connectivity index (χ0v) is 14.4. The average Bonchev–Trinajstić information content (AvgIpc) is 2.44. The van der Waals surface area contributed by atoms with Crippen LogP contribution >= 0.6 is 0 Å². The summed E-state index contributed by atoms with van der Waals surface area (Å²) in [7, 11) is 1.28. The van der Waals surface area contributed by atoms with E-state index in [1.807, 2.05) is 0 Å². The van der Waals surface area contributed by atoms with Crippen LogP contribution in [0.25, 0.3) is 6.08 Å². The standard InChI is InChI=1S/C17H22N2O5/c1-11(20)18-14-10-12(7-9-15(21)23-5)6-8-13(14)19-16(22)24-17(2,3)4/h6-10H,1-5H3,(H,18,20)(H,19,22)/b9-7+. The predicted molar refractivity (Wildman–Crippen MR) is 91.7 cm³/mol. The van der Waals surface area contributed by atoms with Gasteiger partial charge in [0.1, 0.15) is 5.60 Å². The monoisotopic (exact) mass is 334 g/mol. The number of hydrogen-bond donors (Lipinski definition) is 2. The second-order valence-electron chi connectivity index (χ2n) is 5.97. The molecule has 0 bridgehead atoms. The average molecular weight is 334 g/mol. The fourth-order valence-corrected chi connectivity index (χ4v) is 1.71. The number of methoxy groups -OCH3 is 1. The smallest absolute Gasteiger partial charge is 0.412 e. The molecule has 1 aromatic rings. The third-order valence-corrected chi connectivity index (χ3v) is 2.60. The van der Waals surface area contributed by atoms with Gasteiger partial charge >= 0.3 is 12.1 Å². The number of benzene rings is 1. The van der Waals surface area contributed by atoms with Crippen LogP contribution in [0.15, 0.2) is 24.3 Å². The highest BCUT2D eigenvalue weighted by atomic mass is 16.6. The molecule has 0 aliphatic heterocycles. The number of nitrogens with one attached hydrogen (secondary N) is 2. The van der Waals surface area contributed by atoms with E-state index in [9.17, 15) is 14.4 Å². The molecule has 0 saturated carbocycles. The second kappa shape index (κ2) is 8.14. The Morgan fingerprint density at radius 1 is 1.08 bits per heavy atom. The lowest BCUT2D eigenvalue weighted by molar-refractivity contribution is -0.134. The molecule has 0 saturated heterocycles. The molecule has 0 aromatic heterocycles. The van der Waals surface area contributed by atoms with Crippen LogP contribution in [0.5, 0.6) is 0 Å². The molecule has 0 fully saturated rings. The summed E-state index contributed by atoms with van der Waals surface area (Å²) in [5.74, 6) is -0.789. The highest BCUT2D eigenvalue weighted by Crippen LogP contribution is 2.25. The molecular formula is C17H22N2O5. The van der Waals surface area contributed by atoms with Crippen molar-refractivity contribution in [3.8, 4) is 0 Å². The Labute approximate surface area is 141 Å². The molecule has 7 nitrogen and oxygen atoms in total. The van der Waals surface area contributed by atoms with Gasteiger partial charge in [-0.3, -0.25) is 10.1 Å². The molecule has 0 spiro atoms. The fourth-order valence-electron chi connectivity index (χ4n) is 1.71. The largest absolute Gasteiger partial charge is 0.466 e. The summed E-state index contributed by atoms with van der Waals surface area (Å²) in [6.07, 6.45) is 2.16. The minimum atomic E-state index is -0.637. The minimum absolute atomic E-state index is 0.295. The number of esters is 1. The zero-order chi connectivity index (χ0) is 18.3. The van der Waals surface area contributed by atoms with E-state index in [0.717, 1.165) is 0 Å². The van der Waals surface area contributed by atoms with Crippen molar-refractivity contribution in [3.63, 3.8) is 0 Å². The highest BCUT2D eigenvalue weighted by Gasteiger charge is 2.17. The van der Waals surface area contributed by atoms with Gasteiger partial charge in [-0.1, -0.05) is 6.07 Å². The van der Waals surface area contributed by atoms with Crippen LogP contribution in [0.2, 0.25) is 0 Å². The Kier molecular flexibility index (Phi) is 6.52. The summed E-state index contributed by atoms with van der Waals surface area (Å²) >= 11 is 0. The second-order valence-corrected chi connectivity index (χ2v) is 5.97. The van der Waals surface area contributed by atoms with Gasteiger partial charge in [-0.15, -0.1) is 0 Å². The van der Waals surface area contributed by atoms with E-state index in [1.54, 1.807) is 39.0 Å². The molecule has 1 aromatic carbocycles. The Morgan fingerprint density at radius 3 is 2.29 bits per heavy atom. The van der Waals surface area contributed by atoms with Gasteiger partial charge in [-0.2, -0.15) is 0 Å². The van der Waals surface area contributed by atoms with Crippen LogP contribution in [0.4, 0.5) is 16.2 Å². The number of carbonyl (C=O) groups excluding carboxylic acids is 3. The van der Waals surface area contributed by atoms with Crippen molar-refractivity contribution < 1.29 is 23.9 Å². The lowest BCUT2D eigenvalue weighted by Gasteiger charge is -2.20. The Morgan fingerprint density at radius 2 is 1.75 bits per heavy atom. The van der Waals surface area contributed by atoms with E-state index >= 15 is 0 Å².